The Labute approximate surface area is 150 Å². The third-order valence-electron chi connectivity index (χ3n) is 5.22. The second kappa shape index (κ2) is 6.21. The van der Waals surface area contributed by atoms with Crippen LogP contribution in [0.1, 0.15) is 46.8 Å². The number of hydrogen-bond donors (Lipinski definition) is 0. The van der Waals surface area contributed by atoms with Crippen LogP contribution in [0.4, 0.5) is 0 Å². The molecule has 0 N–H and O–H groups in total. The fourth-order valence-corrected chi connectivity index (χ4v) is 4.50. The van der Waals surface area contributed by atoms with Gasteiger partial charge in [-0.25, -0.2) is 0 Å². The first-order valence-electron chi connectivity index (χ1n) is 8.50. The summed E-state index contributed by atoms with van der Waals surface area (Å²) in [6.07, 6.45) is 3.97. The lowest BCUT2D eigenvalue weighted by Crippen LogP contribution is -2.14. The van der Waals surface area contributed by atoms with Crippen molar-refractivity contribution in [2.75, 3.05) is 0 Å². The first kappa shape index (κ1) is 15.6. The Bertz CT molecular complexity index is 925. The van der Waals surface area contributed by atoms with E-state index < -0.39 is 0 Å². The van der Waals surface area contributed by atoms with Crippen molar-refractivity contribution in [3.05, 3.63) is 69.8 Å². The van der Waals surface area contributed by atoms with Crippen LogP contribution in [0.25, 0.3) is 10.9 Å². The van der Waals surface area contributed by atoms with Gasteiger partial charge < -0.3 is 4.57 Å². The summed E-state index contributed by atoms with van der Waals surface area (Å²) in [4.78, 5) is 12.8. The van der Waals surface area contributed by atoms with E-state index in [1.165, 1.54) is 22.2 Å². The first-order chi connectivity index (χ1) is 11.6. The number of para-hydroxylation sites is 1. The Hall–Kier alpha value is -1.87. The Morgan fingerprint density at radius 2 is 2.04 bits per heavy atom. The molecule has 0 radical (unpaired) electrons. The van der Waals surface area contributed by atoms with Crippen molar-refractivity contribution in [1.82, 2.24) is 4.57 Å². The number of hydrogen-bond acceptors (Lipinski definition) is 1. The molecule has 1 atom stereocenters. The average molecular weight is 382 g/mol. The van der Waals surface area contributed by atoms with Gasteiger partial charge in [-0.15, -0.1) is 0 Å². The third kappa shape index (κ3) is 2.61. The number of rotatable bonds is 3. The van der Waals surface area contributed by atoms with Crippen molar-refractivity contribution in [3.8, 4) is 0 Å². The molecule has 2 aromatic carbocycles. The molecule has 3 aromatic rings. The first-order valence-corrected chi connectivity index (χ1v) is 9.29. The number of aryl methyl sites for hydroxylation is 1. The van der Waals surface area contributed by atoms with Crippen LogP contribution < -0.4 is 0 Å². The average Bonchev–Trinajstić information content (AvgIpc) is 2.89. The molecule has 2 nitrogen and oxygen atoms in total. The molecule has 1 unspecified atom stereocenters. The number of carbonyl (C=O) groups is 1. The molecule has 24 heavy (non-hydrogen) atoms. The summed E-state index contributed by atoms with van der Waals surface area (Å²) in [6.45, 7) is 0. The van der Waals surface area contributed by atoms with Crippen LogP contribution in [0.3, 0.4) is 0 Å². The van der Waals surface area contributed by atoms with Gasteiger partial charge in [0.15, 0.2) is 5.78 Å². The normalized spacial score (nSPS) is 17.0. The number of benzene rings is 2. The van der Waals surface area contributed by atoms with E-state index in [-0.39, 0.29) is 5.78 Å². The second-order valence-electron chi connectivity index (χ2n) is 6.66. The predicted octanol–water partition coefficient (Wildman–Crippen LogP) is 5.63. The van der Waals surface area contributed by atoms with Gasteiger partial charge in [0, 0.05) is 40.1 Å². The Kier molecular flexibility index (Phi) is 4.05. The summed E-state index contributed by atoms with van der Waals surface area (Å²) in [7, 11) is 2.15. The van der Waals surface area contributed by atoms with Crippen LogP contribution >= 0.6 is 15.9 Å². The molecule has 0 spiro atoms. The molecule has 1 aliphatic rings. The summed E-state index contributed by atoms with van der Waals surface area (Å²) >= 11 is 3.46. The van der Waals surface area contributed by atoms with Gasteiger partial charge in [-0.1, -0.05) is 46.3 Å². The molecule has 0 saturated carbocycles. The topological polar surface area (TPSA) is 22.0 Å². The van der Waals surface area contributed by atoms with Crippen molar-refractivity contribution >= 4 is 32.6 Å². The van der Waals surface area contributed by atoms with Crippen LogP contribution in [-0.2, 0) is 13.5 Å². The maximum Gasteiger partial charge on any atom is 0.163 e. The Balaban J connectivity index is 1.72. The summed E-state index contributed by atoms with van der Waals surface area (Å²) in [5.74, 6) is 0.563. The highest BCUT2D eigenvalue weighted by molar-refractivity contribution is 9.10. The number of halogens is 1. The number of carbonyl (C=O) groups excluding carboxylic acids is 1. The summed E-state index contributed by atoms with van der Waals surface area (Å²) in [5, 5.41) is 1.32. The zero-order chi connectivity index (χ0) is 16.7. The van der Waals surface area contributed by atoms with Gasteiger partial charge in [-0.05, 0) is 48.9 Å². The molecule has 3 heteroatoms. The number of ketones is 1. The molecule has 4 rings (SSSR count). The highest BCUT2D eigenvalue weighted by Crippen LogP contribution is 2.40. The fraction of sp³-hybridized carbons (Fsp3) is 0.286. The Morgan fingerprint density at radius 1 is 1.21 bits per heavy atom. The van der Waals surface area contributed by atoms with E-state index in [0.29, 0.717) is 12.3 Å². The quantitative estimate of drug-likeness (QED) is 0.538. The van der Waals surface area contributed by atoms with E-state index in [0.717, 1.165) is 29.3 Å². The van der Waals surface area contributed by atoms with E-state index in [1.54, 1.807) is 0 Å². The van der Waals surface area contributed by atoms with Crippen LogP contribution in [-0.4, -0.2) is 10.4 Å². The van der Waals surface area contributed by atoms with Crippen molar-refractivity contribution < 1.29 is 4.79 Å². The molecule has 0 aliphatic heterocycles. The molecule has 0 bridgehead atoms. The molecule has 0 amide bonds. The maximum absolute atomic E-state index is 12.8. The van der Waals surface area contributed by atoms with E-state index in [4.69, 9.17) is 0 Å². The minimum Gasteiger partial charge on any atom is -0.347 e. The number of aromatic nitrogens is 1. The predicted molar refractivity (Wildman–Crippen MR) is 102 cm³/mol. The summed E-state index contributed by atoms with van der Waals surface area (Å²) in [5.41, 5.74) is 4.90. The van der Waals surface area contributed by atoms with Gasteiger partial charge in [0.1, 0.15) is 0 Å². The van der Waals surface area contributed by atoms with Gasteiger partial charge >= 0.3 is 0 Å². The van der Waals surface area contributed by atoms with Gasteiger partial charge in [0.2, 0.25) is 0 Å². The van der Waals surface area contributed by atoms with Gasteiger partial charge in [0.05, 0.1) is 0 Å². The standard InChI is InChI=1S/C21H20BrNO/c1-23-18-10-3-2-9-17(18)21-15(7-5-11-19(21)23)13-20(24)14-6-4-8-16(22)12-14/h2-4,6,8-10,12,15H,5,7,11,13H2,1H3. The maximum atomic E-state index is 12.8. The number of nitrogens with zero attached hydrogens (tertiary/aromatic N) is 1. The third-order valence-corrected chi connectivity index (χ3v) is 5.72. The van der Waals surface area contributed by atoms with Crippen LogP contribution in [0.15, 0.2) is 53.0 Å². The fourth-order valence-electron chi connectivity index (χ4n) is 4.10. The number of fused-ring (bicyclic) bond motifs is 3. The monoisotopic (exact) mass is 381 g/mol. The number of Topliss-reactive ketones (excluding diaryl/α,β-unsaturated/α-hetero) is 1. The molecular formula is C21H20BrNO. The smallest absolute Gasteiger partial charge is 0.163 e. The minimum absolute atomic E-state index is 0.238. The van der Waals surface area contributed by atoms with Crippen LogP contribution in [0.2, 0.25) is 0 Å². The molecule has 1 aliphatic carbocycles. The lowest BCUT2D eigenvalue weighted by molar-refractivity contribution is 0.0971. The van der Waals surface area contributed by atoms with Crippen molar-refractivity contribution in [3.63, 3.8) is 0 Å². The highest BCUT2D eigenvalue weighted by Gasteiger charge is 2.28. The molecule has 1 aromatic heterocycles. The Morgan fingerprint density at radius 3 is 2.88 bits per heavy atom. The van der Waals surface area contributed by atoms with Crippen LogP contribution in [0.5, 0.6) is 0 Å². The molecular weight excluding hydrogens is 362 g/mol. The SMILES string of the molecule is Cn1c2c(c3ccccc31)C(CC(=O)c1cccc(Br)c1)CCC2. The largest absolute Gasteiger partial charge is 0.347 e. The molecule has 0 saturated heterocycles. The minimum atomic E-state index is 0.238. The summed E-state index contributed by atoms with van der Waals surface area (Å²) < 4.78 is 3.28. The van der Waals surface area contributed by atoms with E-state index in [9.17, 15) is 4.79 Å². The summed E-state index contributed by atoms with van der Waals surface area (Å²) in [6, 6.07) is 16.3. The molecule has 0 fully saturated rings. The van der Waals surface area contributed by atoms with Crippen molar-refractivity contribution in [2.45, 2.75) is 31.6 Å². The van der Waals surface area contributed by atoms with E-state index in [2.05, 4.69) is 51.8 Å². The van der Waals surface area contributed by atoms with E-state index >= 15 is 0 Å². The highest BCUT2D eigenvalue weighted by atomic mass is 79.9. The van der Waals surface area contributed by atoms with Crippen molar-refractivity contribution in [2.24, 2.45) is 7.05 Å². The second-order valence-corrected chi connectivity index (χ2v) is 7.58. The van der Waals surface area contributed by atoms with Gasteiger partial charge in [-0.3, -0.25) is 4.79 Å². The lowest BCUT2D eigenvalue weighted by Gasteiger charge is -2.23. The molecule has 1 heterocycles. The zero-order valence-electron chi connectivity index (χ0n) is 13.8. The molecule has 122 valence electrons. The van der Waals surface area contributed by atoms with E-state index in [1.807, 2.05) is 24.3 Å². The lowest BCUT2D eigenvalue weighted by atomic mass is 9.81. The van der Waals surface area contributed by atoms with Crippen LogP contribution in [0, 0.1) is 0 Å². The van der Waals surface area contributed by atoms with Crippen molar-refractivity contribution in [1.29, 1.82) is 0 Å². The van der Waals surface area contributed by atoms with Gasteiger partial charge in [0.25, 0.3) is 0 Å². The van der Waals surface area contributed by atoms with Gasteiger partial charge in [-0.2, -0.15) is 0 Å². The zero-order valence-corrected chi connectivity index (χ0v) is 15.3.